The second-order valence-corrected chi connectivity index (χ2v) is 19.0. The van der Waals surface area contributed by atoms with Gasteiger partial charge in [0.25, 0.3) is 0 Å². The summed E-state index contributed by atoms with van der Waals surface area (Å²) < 4.78 is 31.7. The molecule has 14 heteroatoms. The topological polar surface area (TPSA) is 78.9 Å². The summed E-state index contributed by atoms with van der Waals surface area (Å²) in [4.78, 5) is 19.3. The van der Waals surface area contributed by atoms with Gasteiger partial charge in [-0.2, -0.15) is 0 Å². The third-order valence-corrected chi connectivity index (χ3v) is 15.0. The van der Waals surface area contributed by atoms with Crippen molar-refractivity contribution in [1.29, 1.82) is 0 Å². The molecule has 1 amide bonds. The number of carbonyl (C=O) groups excluding carboxylic acids is 1. The number of benzene rings is 2. The number of rotatable bonds is 10. The molecule has 0 spiro atoms. The van der Waals surface area contributed by atoms with Crippen LogP contribution in [0.15, 0.2) is 58.3 Å². The average molecular weight is 715 g/mol. The lowest BCUT2D eigenvalue weighted by atomic mass is 9.68. The highest BCUT2D eigenvalue weighted by Crippen LogP contribution is 2.50. The largest absolute Gasteiger partial charge is 0.424 e. The Hall–Kier alpha value is -1.04. The number of carbonyl (C=O) groups is 1. The predicted molar refractivity (Wildman–Crippen MR) is 185 cm³/mol. The molecule has 4 atom stereocenters. The van der Waals surface area contributed by atoms with Crippen LogP contribution in [0.4, 0.5) is 0 Å². The molecule has 4 saturated heterocycles. The normalized spacial score (nSPS) is 25.0. The van der Waals surface area contributed by atoms with Crippen LogP contribution in [0.2, 0.25) is 0 Å². The van der Waals surface area contributed by atoms with Crippen LogP contribution in [0.3, 0.4) is 0 Å². The van der Waals surface area contributed by atoms with Crippen molar-refractivity contribution in [3.8, 4) is 11.5 Å². The standard InChI is InChI=1S/C16H20O6P2S3.C15H24N2O/c1-17-23(25,18-2)21-13-5-9-15(10-6-13)27-16-11-7-14(8-12-16)22-24(26,19-3)20-4;18-14-7-1-6-13-12-5-3-9-16-8-2-4-11(15(12)16)10-17(13)14/h5-12H,1-4H3;11-13,15H,1-10H2/t;11-,12+,13+,15-/m.1/s1. The van der Waals surface area contributed by atoms with E-state index in [9.17, 15) is 4.79 Å². The maximum atomic E-state index is 12.2. The van der Waals surface area contributed by atoms with Crippen molar-refractivity contribution in [3.05, 3.63) is 48.5 Å². The molecule has 4 fully saturated rings. The fourth-order valence-electron chi connectivity index (χ4n) is 7.09. The van der Waals surface area contributed by atoms with E-state index < -0.39 is 13.4 Å². The first kappa shape index (κ1) is 35.3. The molecule has 0 N–H and O–H groups in total. The van der Waals surface area contributed by atoms with Crippen molar-refractivity contribution < 1.29 is 31.9 Å². The Balaban J connectivity index is 0.000000191. The molecular formula is C31H44N2O7P2S3. The van der Waals surface area contributed by atoms with E-state index in [1.807, 2.05) is 48.5 Å². The van der Waals surface area contributed by atoms with Gasteiger partial charge in [-0.25, -0.2) is 0 Å². The maximum absolute atomic E-state index is 12.2. The van der Waals surface area contributed by atoms with E-state index in [1.165, 1.54) is 73.6 Å². The van der Waals surface area contributed by atoms with Crippen LogP contribution < -0.4 is 9.05 Å². The monoisotopic (exact) mass is 714 g/mol. The lowest BCUT2D eigenvalue weighted by molar-refractivity contribution is -0.150. The van der Waals surface area contributed by atoms with Gasteiger partial charge in [-0.15, -0.1) is 0 Å². The zero-order chi connectivity index (χ0) is 32.0. The van der Waals surface area contributed by atoms with Crippen molar-refractivity contribution in [1.82, 2.24) is 9.80 Å². The molecule has 45 heavy (non-hydrogen) atoms. The highest BCUT2D eigenvalue weighted by atomic mass is 32.5. The molecule has 0 radical (unpaired) electrons. The molecule has 4 heterocycles. The van der Waals surface area contributed by atoms with Crippen LogP contribution in [-0.4, -0.2) is 75.9 Å². The van der Waals surface area contributed by atoms with Crippen molar-refractivity contribution in [2.45, 2.75) is 66.8 Å². The van der Waals surface area contributed by atoms with E-state index >= 15 is 0 Å². The van der Waals surface area contributed by atoms with Gasteiger partial charge in [-0.1, -0.05) is 11.8 Å². The Morgan fingerprint density at radius 1 is 0.733 bits per heavy atom. The van der Waals surface area contributed by atoms with E-state index in [1.54, 1.807) is 11.8 Å². The first-order valence-electron chi connectivity index (χ1n) is 15.4. The van der Waals surface area contributed by atoms with Gasteiger partial charge in [-0.3, -0.25) is 9.69 Å². The van der Waals surface area contributed by atoms with E-state index in [0.29, 0.717) is 23.4 Å². The predicted octanol–water partition coefficient (Wildman–Crippen LogP) is 7.50. The number of amides is 1. The van der Waals surface area contributed by atoms with Gasteiger partial charge in [0.15, 0.2) is 0 Å². The Kier molecular flexibility index (Phi) is 12.5. The van der Waals surface area contributed by atoms with E-state index in [2.05, 4.69) is 9.80 Å². The first-order valence-corrected chi connectivity index (χ1v) is 21.4. The lowest BCUT2D eigenvalue weighted by Crippen LogP contribution is -2.66. The average Bonchev–Trinajstić information content (AvgIpc) is 3.07. The van der Waals surface area contributed by atoms with E-state index in [4.69, 9.17) is 50.8 Å². The number of nitrogens with zero attached hydrogens (tertiary/aromatic N) is 2. The third kappa shape index (κ3) is 8.71. The Morgan fingerprint density at radius 3 is 1.76 bits per heavy atom. The minimum Gasteiger partial charge on any atom is -0.424 e. The smallest absolute Gasteiger partial charge is 0.380 e. The summed E-state index contributed by atoms with van der Waals surface area (Å²) in [6.45, 7) is -1.75. The van der Waals surface area contributed by atoms with Crippen molar-refractivity contribution >= 4 is 54.7 Å². The van der Waals surface area contributed by atoms with Gasteiger partial charge >= 0.3 is 13.4 Å². The molecular weight excluding hydrogens is 670 g/mol. The fraction of sp³-hybridized carbons (Fsp3) is 0.581. The van der Waals surface area contributed by atoms with Crippen LogP contribution in [0.1, 0.15) is 44.9 Å². The van der Waals surface area contributed by atoms with Crippen LogP contribution in [0, 0.1) is 11.8 Å². The molecule has 4 aliphatic heterocycles. The summed E-state index contributed by atoms with van der Waals surface area (Å²) in [5.41, 5.74) is 0. The van der Waals surface area contributed by atoms with Crippen LogP contribution >= 0.6 is 25.2 Å². The summed E-state index contributed by atoms with van der Waals surface area (Å²) in [5, 5.41) is 0. The first-order chi connectivity index (χ1) is 21.7. The van der Waals surface area contributed by atoms with Gasteiger partial charge in [0.2, 0.25) is 5.91 Å². The number of fused-ring (bicyclic) bond motifs is 2. The second-order valence-electron chi connectivity index (χ2n) is 11.6. The molecule has 2 aromatic carbocycles. The molecule has 0 unspecified atom stereocenters. The van der Waals surface area contributed by atoms with E-state index in [-0.39, 0.29) is 0 Å². The second kappa shape index (κ2) is 15.9. The SMILES string of the molecule is COP(=S)(OC)Oc1ccc(Sc2ccc(OP(=S)(OC)OC)cc2)cc1.O=C1CCC[C@H]2[C@@H]3CCCN4CCC[C@H](CN12)[C@H]34. The number of piperidine rings is 4. The zero-order valence-corrected chi connectivity index (χ0v) is 30.6. The van der Waals surface area contributed by atoms with Gasteiger partial charge in [-0.05, 0) is 112 Å². The summed E-state index contributed by atoms with van der Waals surface area (Å²) >= 11 is 12.0. The molecule has 4 aliphatic rings. The fourth-order valence-corrected chi connectivity index (χ4v) is 9.78. The highest BCUT2D eigenvalue weighted by Gasteiger charge is 2.50. The quantitative estimate of drug-likeness (QED) is 0.230. The van der Waals surface area contributed by atoms with E-state index in [0.717, 1.165) is 47.1 Å². The Bertz CT molecular complexity index is 1300. The molecule has 9 nitrogen and oxygen atoms in total. The molecule has 2 aromatic rings. The van der Waals surface area contributed by atoms with Crippen LogP contribution in [0.25, 0.3) is 0 Å². The van der Waals surface area contributed by atoms with Crippen LogP contribution in [0.5, 0.6) is 11.5 Å². The number of hydrogen-bond acceptors (Lipinski definition) is 11. The van der Waals surface area contributed by atoms with Crippen molar-refractivity contribution in [2.75, 3.05) is 48.1 Å². The molecule has 0 bridgehead atoms. The third-order valence-electron chi connectivity index (χ3n) is 9.09. The summed E-state index contributed by atoms with van der Waals surface area (Å²) in [6, 6.07) is 16.5. The summed E-state index contributed by atoms with van der Waals surface area (Å²) in [7, 11) is 5.89. The highest BCUT2D eigenvalue weighted by molar-refractivity contribution is 8.08. The zero-order valence-electron chi connectivity index (χ0n) is 26.4. The Labute approximate surface area is 282 Å². The molecule has 248 valence electrons. The van der Waals surface area contributed by atoms with Gasteiger partial charge < -0.3 is 32.0 Å². The maximum Gasteiger partial charge on any atom is 0.380 e. The van der Waals surface area contributed by atoms with Crippen LogP contribution in [-0.2, 0) is 46.5 Å². The minimum absolute atomic E-state index is 0.451. The minimum atomic E-state index is -2.73. The lowest BCUT2D eigenvalue weighted by Gasteiger charge is -2.58. The number of hydrogen-bond donors (Lipinski definition) is 0. The van der Waals surface area contributed by atoms with Gasteiger partial charge in [0.1, 0.15) is 11.5 Å². The molecule has 0 aliphatic carbocycles. The van der Waals surface area contributed by atoms with Gasteiger partial charge in [0, 0.05) is 86.9 Å². The van der Waals surface area contributed by atoms with Gasteiger partial charge in [0.05, 0.1) is 0 Å². The summed E-state index contributed by atoms with van der Waals surface area (Å²) in [5.74, 6) is 3.22. The molecule has 0 aromatic heterocycles. The molecule has 6 rings (SSSR count). The van der Waals surface area contributed by atoms with Crippen molar-refractivity contribution in [3.63, 3.8) is 0 Å². The summed E-state index contributed by atoms with van der Waals surface area (Å²) in [6.07, 6.45) is 8.64. The Morgan fingerprint density at radius 2 is 1.24 bits per heavy atom. The molecule has 0 saturated carbocycles. The van der Waals surface area contributed by atoms with Crippen molar-refractivity contribution in [2.24, 2.45) is 11.8 Å².